The molecule has 31 heavy (non-hydrogen) atoms. The summed E-state index contributed by atoms with van der Waals surface area (Å²) >= 11 is 0. The maximum Gasteiger partial charge on any atom is 0.262 e. The molecule has 2 heterocycles. The summed E-state index contributed by atoms with van der Waals surface area (Å²) in [4.78, 5) is 26.1. The molecule has 0 aliphatic carbocycles. The van der Waals surface area contributed by atoms with E-state index in [0.717, 1.165) is 22.0 Å². The quantitative estimate of drug-likeness (QED) is 0.441. The Balaban J connectivity index is 1.87. The number of benzene rings is 3. The number of aromatic amines is 1. The average Bonchev–Trinajstić information content (AvgIpc) is 2.83. The third-order valence-corrected chi connectivity index (χ3v) is 5.47. The fourth-order valence-electron chi connectivity index (χ4n) is 4.00. The van der Waals surface area contributed by atoms with Crippen LogP contribution in [0.1, 0.15) is 12.5 Å². The molecule has 0 bridgehead atoms. The molecular weight excluding hydrogens is 384 g/mol. The average molecular weight is 406 g/mol. The van der Waals surface area contributed by atoms with Gasteiger partial charge in [-0.2, -0.15) is 0 Å². The predicted octanol–water partition coefficient (Wildman–Crippen LogP) is 4.67. The summed E-state index contributed by atoms with van der Waals surface area (Å²) in [5, 5.41) is 2.16. The van der Waals surface area contributed by atoms with Crippen molar-refractivity contribution in [2.24, 2.45) is 4.99 Å². The molecule has 5 rings (SSSR count). The number of nitrogens with zero attached hydrogens (tertiary/aromatic N) is 3. The van der Waals surface area contributed by atoms with E-state index < -0.39 is 0 Å². The van der Waals surface area contributed by atoms with Crippen LogP contribution in [0, 0.1) is 0 Å². The van der Waals surface area contributed by atoms with Crippen molar-refractivity contribution in [2.75, 3.05) is 0 Å². The summed E-state index contributed by atoms with van der Waals surface area (Å²) in [7, 11) is 0. The van der Waals surface area contributed by atoms with Gasteiger partial charge in [0.25, 0.3) is 5.56 Å². The first-order valence-corrected chi connectivity index (χ1v) is 10.4. The first kappa shape index (κ1) is 19.0. The van der Waals surface area contributed by atoms with E-state index in [0.29, 0.717) is 35.3 Å². The standard InChI is InChI=1S/C26H22N4O/c1-2-30-21-16-10-9-15-20(21)23(27-17-18-11-5-3-6-12-18)22-25(30)28-24(29-26(22)31)19-13-7-4-8-14-19/h3-16H,2,17H2,1H3,(H,28,29,31). The Hall–Kier alpha value is -3.99. The Morgan fingerprint density at radius 3 is 2.32 bits per heavy atom. The number of para-hydroxylation sites is 1. The number of hydrogen-bond acceptors (Lipinski definition) is 3. The Morgan fingerprint density at radius 2 is 1.58 bits per heavy atom. The maximum atomic E-state index is 13.3. The highest BCUT2D eigenvalue weighted by Gasteiger charge is 2.15. The van der Waals surface area contributed by atoms with Crippen LogP contribution in [-0.2, 0) is 13.1 Å². The SMILES string of the molecule is CCn1c2ccccc2c(=NCc2ccccc2)c2c(=O)[nH]c(-c3ccccc3)nc21. The highest BCUT2D eigenvalue weighted by Crippen LogP contribution is 2.19. The molecule has 1 N–H and O–H groups in total. The van der Waals surface area contributed by atoms with Gasteiger partial charge in [-0.15, -0.1) is 0 Å². The van der Waals surface area contributed by atoms with Gasteiger partial charge in [0.2, 0.25) is 0 Å². The van der Waals surface area contributed by atoms with E-state index in [1.54, 1.807) is 0 Å². The molecule has 0 amide bonds. The van der Waals surface area contributed by atoms with Crippen molar-refractivity contribution < 1.29 is 0 Å². The fourth-order valence-corrected chi connectivity index (χ4v) is 4.00. The molecule has 5 heteroatoms. The highest BCUT2D eigenvalue weighted by atomic mass is 16.1. The van der Waals surface area contributed by atoms with Gasteiger partial charge in [-0.05, 0) is 18.6 Å². The van der Waals surface area contributed by atoms with E-state index in [1.807, 2.05) is 78.9 Å². The Bertz CT molecular complexity index is 1500. The van der Waals surface area contributed by atoms with Crippen molar-refractivity contribution >= 4 is 21.9 Å². The zero-order chi connectivity index (χ0) is 21.2. The van der Waals surface area contributed by atoms with Gasteiger partial charge < -0.3 is 9.55 Å². The summed E-state index contributed by atoms with van der Waals surface area (Å²) in [6.45, 7) is 3.26. The van der Waals surface area contributed by atoms with Crippen molar-refractivity contribution in [3.8, 4) is 11.4 Å². The Morgan fingerprint density at radius 1 is 0.903 bits per heavy atom. The Kier molecular flexibility index (Phi) is 4.92. The third kappa shape index (κ3) is 3.44. The lowest BCUT2D eigenvalue weighted by molar-refractivity contribution is 0.806. The van der Waals surface area contributed by atoms with E-state index in [2.05, 4.69) is 22.5 Å². The smallest absolute Gasteiger partial charge is 0.262 e. The van der Waals surface area contributed by atoms with Gasteiger partial charge >= 0.3 is 0 Å². The maximum absolute atomic E-state index is 13.3. The fraction of sp³-hybridized carbons (Fsp3) is 0.115. The van der Waals surface area contributed by atoms with E-state index >= 15 is 0 Å². The number of aromatic nitrogens is 3. The summed E-state index contributed by atoms with van der Waals surface area (Å²) in [6.07, 6.45) is 0. The van der Waals surface area contributed by atoms with E-state index in [-0.39, 0.29) is 5.56 Å². The summed E-state index contributed by atoms with van der Waals surface area (Å²) in [6, 6.07) is 27.9. The highest BCUT2D eigenvalue weighted by molar-refractivity contribution is 5.91. The number of nitrogens with one attached hydrogen (secondary N) is 1. The van der Waals surface area contributed by atoms with Gasteiger partial charge in [0.1, 0.15) is 11.2 Å². The topological polar surface area (TPSA) is 63.0 Å². The van der Waals surface area contributed by atoms with E-state index in [9.17, 15) is 4.79 Å². The normalized spacial score (nSPS) is 12.0. The first-order valence-electron chi connectivity index (χ1n) is 10.4. The molecule has 5 aromatic rings. The van der Waals surface area contributed by atoms with Gasteiger partial charge in [0.05, 0.1) is 17.4 Å². The van der Waals surface area contributed by atoms with Crippen LogP contribution < -0.4 is 10.9 Å². The molecule has 0 atom stereocenters. The molecule has 2 aromatic heterocycles. The van der Waals surface area contributed by atoms with Gasteiger partial charge in [0.15, 0.2) is 5.65 Å². The number of H-pyrrole nitrogens is 1. The van der Waals surface area contributed by atoms with Gasteiger partial charge in [-0.25, -0.2) is 4.98 Å². The third-order valence-electron chi connectivity index (χ3n) is 5.47. The number of aryl methyl sites for hydroxylation is 1. The second kappa shape index (κ2) is 8.03. The monoisotopic (exact) mass is 406 g/mol. The van der Waals surface area contributed by atoms with Crippen LogP contribution in [0.15, 0.2) is 94.7 Å². The lowest BCUT2D eigenvalue weighted by Gasteiger charge is -2.14. The van der Waals surface area contributed by atoms with E-state index in [4.69, 9.17) is 9.98 Å². The molecule has 0 unspecified atom stereocenters. The second-order valence-corrected chi connectivity index (χ2v) is 7.39. The molecule has 0 aliphatic rings. The van der Waals surface area contributed by atoms with Crippen molar-refractivity contribution in [1.82, 2.24) is 14.5 Å². The van der Waals surface area contributed by atoms with Crippen LogP contribution in [0.2, 0.25) is 0 Å². The van der Waals surface area contributed by atoms with E-state index in [1.165, 1.54) is 0 Å². The number of rotatable bonds is 4. The second-order valence-electron chi connectivity index (χ2n) is 7.39. The van der Waals surface area contributed by atoms with Gasteiger partial charge in [-0.3, -0.25) is 9.79 Å². The predicted molar refractivity (Wildman–Crippen MR) is 125 cm³/mol. The van der Waals surface area contributed by atoms with Crippen LogP contribution in [0.25, 0.3) is 33.3 Å². The lowest BCUT2D eigenvalue weighted by atomic mass is 10.1. The molecule has 0 saturated heterocycles. The zero-order valence-electron chi connectivity index (χ0n) is 17.2. The number of hydrogen-bond donors (Lipinski definition) is 1. The summed E-state index contributed by atoms with van der Waals surface area (Å²) in [5.74, 6) is 0.560. The number of pyridine rings is 1. The molecule has 0 spiro atoms. The van der Waals surface area contributed by atoms with Gasteiger partial charge in [-0.1, -0.05) is 78.9 Å². The molecule has 152 valence electrons. The molecule has 0 aliphatic heterocycles. The van der Waals surface area contributed by atoms with Crippen molar-refractivity contribution in [1.29, 1.82) is 0 Å². The van der Waals surface area contributed by atoms with Crippen LogP contribution >= 0.6 is 0 Å². The molecular formula is C26H22N4O. The van der Waals surface area contributed by atoms with Crippen molar-refractivity contribution in [3.05, 3.63) is 106 Å². The van der Waals surface area contributed by atoms with Crippen molar-refractivity contribution in [3.63, 3.8) is 0 Å². The van der Waals surface area contributed by atoms with Gasteiger partial charge in [0, 0.05) is 17.5 Å². The van der Waals surface area contributed by atoms with Crippen LogP contribution in [0.4, 0.5) is 0 Å². The van der Waals surface area contributed by atoms with Crippen LogP contribution in [-0.4, -0.2) is 14.5 Å². The first-order chi connectivity index (χ1) is 15.3. The molecule has 3 aromatic carbocycles. The summed E-state index contributed by atoms with van der Waals surface area (Å²) in [5.41, 5.74) is 3.46. The van der Waals surface area contributed by atoms with Crippen LogP contribution in [0.5, 0.6) is 0 Å². The summed E-state index contributed by atoms with van der Waals surface area (Å²) < 4.78 is 2.09. The minimum atomic E-state index is -0.177. The molecule has 0 radical (unpaired) electrons. The molecule has 5 nitrogen and oxygen atoms in total. The molecule has 0 saturated carbocycles. The molecule has 0 fully saturated rings. The minimum absolute atomic E-state index is 0.177. The number of fused-ring (bicyclic) bond motifs is 2. The lowest BCUT2D eigenvalue weighted by Crippen LogP contribution is -2.23. The largest absolute Gasteiger partial charge is 0.325 e. The van der Waals surface area contributed by atoms with Crippen LogP contribution in [0.3, 0.4) is 0 Å². The zero-order valence-corrected chi connectivity index (χ0v) is 17.2. The Labute approximate surface area is 179 Å². The minimum Gasteiger partial charge on any atom is -0.325 e. The van der Waals surface area contributed by atoms with Crippen molar-refractivity contribution in [2.45, 2.75) is 20.0 Å².